The first-order chi connectivity index (χ1) is 12.1. The molecule has 0 saturated heterocycles. The summed E-state index contributed by atoms with van der Waals surface area (Å²) in [6.45, 7) is 2.09. The molecule has 1 saturated carbocycles. The highest BCUT2D eigenvalue weighted by atomic mass is 16.5. The summed E-state index contributed by atoms with van der Waals surface area (Å²) in [5, 5.41) is 14.0. The number of nitrogens with one attached hydrogen (secondary N) is 2. The number of aryl methyl sites for hydroxylation is 1. The van der Waals surface area contributed by atoms with E-state index in [-0.39, 0.29) is 6.03 Å². The van der Waals surface area contributed by atoms with Gasteiger partial charge in [-0.05, 0) is 38.0 Å². The lowest BCUT2D eigenvalue weighted by atomic mass is 10.3. The third-order valence-corrected chi connectivity index (χ3v) is 4.13. The van der Waals surface area contributed by atoms with Gasteiger partial charge in [0.05, 0.1) is 17.9 Å². The minimum Gasteiger partial charge on any atom is -0.337 e. The molecular weight excluding hydrogens is 320 g/mol. The molecule has 1 fully saturated rings. The summed E-state index contributed by atoms with van der Waals surface area (Å²) in [7, 11) is 0. The number of urea groups is 1. The number of carbonyl (C=O) groups excluding carboxylic acids is 1. The van der Waals surface area contributed by atoms with Gasteiger partial charge in [-0.15, -0.1) is 0 Å². The number of rotatable bonds is 5. The van der Waals surface area contributed by atoms with Crippen LogP contribution in [0.15, 0.2) is 47.1 Å². The Kier molecular flexibility index (Phi) is 3.72. The Morgan fingerprint density at radius 1 is 1.28 bits per heavy atom. The van der Waals surface area contributed by atoms with Gasteiger partial charge in [0.1, 0.15) is 5.54 Å². The van der Waals surface area contributed by atoms with E-state index in [1.165, 1.54) is 0 Å². The zero-order chi connectivity index (χ0) is 17.3. The fourth-order valence-corrected chi connectivity index (χ4v) is 2.62. The molecule has 0 radical (unpaired) electrons. The van der Waals surface area contributed by atoms with Gasteiger partial charge in [-0.2, -0.15) is 10.1 Å². The first kappa shape index (κ1) is 15.4. The molecule has 128 valence electrons. The van der Waals surface area contributed by atoms with Crippen LogP contribution in [0.5, 0.6) is 0 Å². The van der Waals surface area contributed by atoms with Crippen LogP contribution in [0, 0.1) is 6.92 Å². The Balaban J connectivity index is 1.34. The van der Waals surface area contributed by atoms with Crippen LogP contribution in [0.4, 0.5) is 4.79 Å². The van der Waals surface area contributed by atoms with Gasteiger partial charge in [0.25, 0.3) is 5.89 Å². The summed E-state index contributed by atoms with van der Waals surface area (Å²) in [5.74, 6) is 1.03. The molecule has 1 aliphatic carbocycles. The molecular formula is C17H18N6O2. The molecule has 1 aliphatic rings. The second kappa shape index (κ2) is 6.04. The topological polar surface area (TPSA) is 97.9 Å². The highest BCUT2D eigenvalue weighted by Crippen LogP contribution is 2.44. The Hall–Kier alpha value is -3.16. The van der Waals surface area contributed by atoms with Crippen molar-refractivity contribution in [3.8, 4) is 5.69 Å². The molecule has 4 rings (SSSR count). The molecule has 2 aromatic heterocycles. The molecule has 0 bridgehead atoms. The number of aromatic nitrogens is 4. The number of nitrogens with zero attached hydrogens (tertiary/aromatic N) is 4. The molecule has 2 heterocycles. The summed E-state index contributed by atoms with van der Waals surface area (Å²) in [4.78, 5) is 16.4. The van der Waals surface area contributed by atoms with Crippen LogP contribution in [0.2, 0.25) is 0 Å². The maximum atomic E-state index is 12.2. The maximum absolute atomic E-state index is 12.2. The normalized spacial score (nSPS) is 14.9. The highest BCUT2D eigenvalue weighted by Gasteiger charge is 2.50. The van der Waals surface area contributed by atoms with Crippen LogP contribution < -0.4 is 10.6 Å². The van der Waals surface area contributed by atoms with Crippen molar-refractivity contribution in [2.45, 2.75) is 31.8 Å². The van der Waals surface area contributed by atoms with E-state index in [0.29, 0.717) is 18.3 Å². The van der Waals surface area contributed by atoms with E-state index in [0.717, 1.165) is 24.2 Å². The average Bonchev–Trinajstić information content (AvgIpc) is 3.05. The Labute approximate surface area is 144 Å². The van der Waals surface area contributed by atoms with Gasteiger partial charge in [0.2, 0.25) is 0 Å². The second-order valence-corrected chi connectivity index (χ2v) is 6.12. The first-order valence-corrected chi connectivity index (χ1v) is 8.11. The van der Waals surface area contributed by atoms with E-state index >= 15 is 0 Å². The number of hydrogen-bond acceptors (Lipinski definition) is 5. The van der Waals surface area contributed by atoms with Crippen molar-refractivity contribution in [3.63, 3.8) is 0 Å². The first-order valence-electron chi connectivity index (χ1n) is 8.11. The minimum absolute atomic E-state index is 0.275. The highest BCUT2D eigenvalue weighted by molar-refractivity contribution is 5.75. The fraction of sp³-hybridized carbons (Fsp3) is 0.294. The lowest BCUT2D eigenvalue weighted by Crippen LogP contribution is -2.42. The second-order valence-electron chi connectivity index (χ2n) is 6.12. The van der Waals surface area contributed by atoms with Crippen molar-refractivity contribution in [2.75, 3.05) is 0 Å². The number of amides is 2. The fourth-order valence-electron chi connectivity index (χ4n) is 2.62. The molecule has 3 aromatic rings. The summed E-state index contributed by atoms with van der Waals surface area (Å²) in [5.41, 5.74) is 1.23. The zero-order valence-corrected chi connectivity index (χ0v) is 13.8. The van der Waals surface area contributed by atoms with Crippen LogP contribution in [0.1, 0.15) is 30.3 Å². The molecule has 0 aliphatic heterocycles. The Bertz CT molecular complexity index is 881. The van der Waals surface area contributed by atoms with Gasteiger partial charge >= 0.3 is 6.03 Å². The van der Waals surface area contributed by atoms with Crippen LogP contribution in [-0.4, -0.2) is 26.0 Å². The van der Waals surface area contributed by atoms with Crippen molar-refractivity contribution in [1.82, 2.24) is 30.6 Å². The summed E-state index contributed by atoms with van der Waals surface area (Å²) in [6.07, 6.45) is 3.46. The van der Waals surface area contributed by atoms with Crippen molar-refractivity contribution < 1.29 is 9.32 Å². The Morgan fingerprint density at radius 2 is 2.08 bits per heavy atom. The molecule has 0 spiro atoms. The number of para-hydroxylation sites is 1. The van der Waals surface area contributed by atoms with Crippen LogP contribution in [0.25, 0.3) is 5.69 Å². The lowest BCUT2D eigenvalue weighted by Gasteiger charge is -2.13. The predicted molar refractivity (Wildman–Crippen MR) is 88.9 cm³/mol. The summed E-state index contributed by atoms with van der Waals surface area (Å²) >= 11 is 0. The molecule has 2 amide bonds. The molecule has 8 nitrogen and oxygen atoms in total. The predicted octanol–water partition coefficient (Wildman–Crippen LogP) is 2.05. The van der Waals surface area contributed by atoms with Gasteiger partial charge in [-0.3, -0.25) is 0 Å². The smallest absolute Gasteiger partial charge is 0.315 e. The van der Waals surface area contributed by atoms with Gasteiger partial charge in [0.15, 0.2) is 5.82 Å². The minimum atomic E-state index is -0.519. The Morgan fingerprint density at radius 3 is 2.76 bits per heavy atom. The standard InChI is InChI=1S/C17H18N6O2/c1-12-19-15(25-22-12)17(8-9-17)20-16(24)18-11-13-7-10-23(21-13)14-5-3-2-4-6-14/h2-7,10H,8-9,11H2,1H3,(H2,18,20,24). The van der Waals surface area contributed by atoms with Crippen molar-refractivity contribution in [3.05, 3.63) is 60.0 Å². The lowest BCUT2D eigenvalue weighted by molar-refractivity contribution is 0.229. The molecule has 0 atom stereocenters. The molecule has 25 heavy (non-hydrogen) atoms. The quantitative estimate of drug-likeness (QED) is 0.742. The molecule has 1 aromatic carbocycles. The van der Waals surface area contributed by atoms with E-state index in [1.807, 2.05) is 42.6 Å². The van der Waals surface area contributed by atoms with Gasteiger partial charge in [-0.1, -0.05) is 23.4 Å². The maximum Gasteiger partial charge on any atom is 0.315 e. The number of benzene rings is 1. The van der Waals surface area contributed by atoms with Gasteiger partial charge in [-0.25, -0.2) is 9.48 Å². The van der Waals surface area contributed by atoms with Crippen molar-refractivity contribution in [1.29, 1.82) is 0 Å². The van der Waals surface area contributed by atoms with Crippen LogP contribution in [-0.2, 0) is 12.1 Å². The monoisotopic (exact) mass is 338 g/mol. The zero-order valence-electron chi connectivity index (χ0n) is 13.8. The van der Waals surface area contributed by atoms with E-state index in [2.05, 4.69) is 25.9 Å². The van der Waals surface area contributed by atoms with Crippen molar-refractivity contribution >= 4 is 6.03 Å². The van der Waals surface area contributed by atoms with Gasteiger partial charge in [0, 0.05) is 6.20 Å². The van der Waals surface area contributed by atoms with Crippen LogP contribution >= 0.6 is 0 Å². The molecule has 8 heteroatoms. The summed E-state index contributed by atoms with van der Waals surface area (Å²) < 4.78 is 6.96. The van der Waals surface area contributed by atoms with Gasteiger partial charge < -0.3 is 15.2 Å². The number of hydrogen-bond donors (Lipinski definition) is 2. The average molecular weight is 338 g/mol. The summed E-state index contributed by atoms with van der Waals surface area (Å²) in [6, 6.07) is 11.4. The molecule has 2 N–H and O–H groups in total. The van der Waals surface area contributed by atoms with Crippen LogP contribution in [0.3, 0.4) is 0 Å². The molecule has 0 unspecified atom stereocenters. The van der Waals surface area contributed by atoms with E-state index < -0.39 is 5.54 Å². The largest absolute Gasteiger partial charge is 0.337 e. The number of carbonyl (C=O) groups is 1. The third-order valence-electron chi connectivity index (χ3n) is 4.13. The SMILES string of the molecule is Cc1noc(C2(NC(=O)NCc3ccn(-c4ccccc4)n3)CC2)n1. The van der Waals surface area contributed by atoms with E-state index in [9.17, 15) is 4.79 Å². The van der Waals surface area contributed by atoms with Crippen molar-refractivity contribution in [2.24, 2.45) is 0 Å². The van der Waals surface area contributed by atoms with E-state index in [4.69, 9.17) is 4.52 Å². The third kappa shape index (κ3) is 3.23. The van der Waals surface area contributed by atoms with E-state index in [1.54, 1.807) is 11.6 Å².